The minimum absolute atomic E-state index is 0.0329. The molecule has 38 heavy (non-hydrogen) atoms. The van der Waals surface area contributed by atoms with Gasteiger partial charge in [-0.3, -0.25) is 4.79 Å². The van der Waals surface area contributed by atoms with Gasteiger partial charge in [-0.05, 0) is 59.5 Å². The Balaban J connectivity index is 1.54. The number of benzene rings is 3. The topological polar surface area (TPSA) is 90.3 Å². The maximum absolute atomic E-state index is 13.9. The largest absolute Gasteiger partial charge is 0.419 e. The Morgan fingerprint density at radius 1 is 1.08 bits per heavy atom. The van der Waals surface area contributed by atoms with E-state index in [4.69, 9.17) is 28.5 Å². The molecule has 1 aliphatic heterocycles. The van der Waals surface area contributed by atoms with Gasteiger partial charge in [0.05, 0.1) is 39.3 Å². The molecule has 3 aromatic carbocycles. The molecule has 0 fully saturated rings. The van der Waals surface area contributed by atoms with Crippen LogP contribution in [0.1, 0.15) is 27.8 Å². The summed E-state index contributed by atoms with van der Waals surface area (Å²) in [6.07, 6.45) is -5.07. The number of carbonyl (C=O) groups is 1. The average Bonchev–Trinajstić information content (AvgIpc) is 2.84. The third-order valence-electron chi connectivity index (χ3n) is 5.96. The van der Waals surface area contributed by atoms with Crippen molar-refractivity contribution in [1.82, 2.24) is 4.31 Å². The highest BCUT2D eigenvalue weighted by atomic mass is 35.5. The van der Waals surface area contributed by atoms with Crippen LogP contribution in [-0.2, 0) is 40.4 Å². The molecule has 0 spiro atoms. The van der Waals surface area contributed by atoms with E-state index in [2.05, 4.69) is 5.32 Å². The molecule has 0 atom stereocenters. The van der Waals surface area contributed by atoms with Gasteiger partial charge in [-0.2, -0.15) is 22.7 Å². The van der Waals surface area contributed by atoms with E-state index in [1.807, 2.05) is 6.07 Å². The number of rotatable bonds is 5. The van der Waals surface area contributed by atoms with E-state index >= 15 is 0 Å². The van der Waals surface area contributed by atoms with Crippen molar-refractivity contribution in [1.29, 1.82) is 5.26 Å². The zero-order valence-electron chi connectivity index (χ0n) is 19.2. The predicted molar refractivity (Wildman–Crippen MR) is 133 cm³/mol. The monoisotopic (exact) mass is 585 g/mol. The fraction of sp³-hybridized carbons (Fsp3) is 0.200. The lowest BCUT2D eigenvalue weighted by Crippen LogP contribution is -2.36. The van der Waals surface area contributed by atoms with Crippen LogP contribution in [0.4, 0.5) is 23.2 Å². The van der Waals surface area contributed by atoms with Gasteiger partial charge in [-0.1, -0.05) is 35.3 Å². The molecule has 0 aliphatic carbocycles. The van der Waals surface area contributed by atoms with Crippen LogP contribution in [-0.4, -0.2) is 25.2 Å². The summed E-state index contributed by atoms with van der Waals surface area (Å²) >= 11 is 12.4. The Morgan fingerprint density at radius 2 is 1.82 bits per heavy atom. The summed E-state index contributed by atoms with van der Waals surface area (Å²) in [4.78, 5) is 12.5. The summed E-state index contributed by atoms with van der Waals surface area (Å²) in [6.45, 7) is -0.00283. The lowest BCUT2D eigenvalue weighted by atomic mass is 9.98. The molecule has 0 bridgehead atoms. The fourth-order valence-corrected chi connectivity index (χ4v) is 6.29. The van der Waals surface area contributed by atoms with Crippen LogP contribution in [0.15, 0.2) is 53.4 Å². The zero-order valence-corrected chi connectivity index (χ0v) is 21.6. The smallest absolute Gasteiger partial charge is 0.324 e. The van der Waals surface area contributed by atoms with Crippen molar-refractivity contribution in [2.45, 2.75) is 30.5 Å². The van der Waals surface area contributed by atoms with Crippen LogP contribution < -0.4 is 5.32 Å². The molecule has 0 saturated heterocycles. The predicted octanol–water partition coefficient (Wildman–Crippen LogP) is 5.95. The normalized spacial score (nSPS) is 14.0. The standard InChI is InChI=1S/C25H17Cl2F4N3O3S/c26-19-5-3-16-13-34(38(36,37)22-6-2-15(12-32)9-20(22)27)8-7-17(16)24(19)33-23(35)11-14-1-4-18(21(28)10-14)25(29,30)31/h1-6,9-10H,7-8,11,13H2,(H,33,35). The first-order valence-electron chi connectivity index (χ1n) is 11.0. The number of nitrogens with zero attached hydrogens (tertiary/aromatic N) is 2. The first-order valence-corrected chi connectivity index (χ1v) is 13.2. The summed E-state index contributed by atoms with van der Waals surface area (Å²) in [5.41, 5.74) is 0.239. The van der Waals surface area contributed by atoms with Crippen LogP contribution in [0.2, 0.25) is 10.0 Å². The number of nitriles is 1. The number of alkyl halides is 3. The molecule has 1 N–H and O–H groups in total. The van der Waals surface area contributed by atoms with E-state index in [1.54, 1.807) is 6.07 Å². The molecule has 1 amide bonds. The van der Waals surface area contributed by atoms with Gasteiger partial charge in [0.2, 0.25) is 15.9 Å². The maximum Gasteiger partial charge on any atom is 0.419 e. The lowest BCUT2D eigenvalue weighted by molar-refractivity contribution is -0.140. The summed E-state index contributed by atoms with van der Waals surface area (Å²) in [6, 6.07) is 11.1. The number of halogens is 6. The molecule has 0 radical (unpaired) electrons. The summed E-state index contributed by atoms with van der Waals surface area (Å²) in [5.74, 6) is -2.12. The van der Waals surface area contributed by atoms with E-state index < -0.39 is 39.9 Å². The van der Waals surface area contributed by atoms with Crippen LogP contribution in [0.25, 0.3) is 0 Å². The number of hydrogen-bond acceptors (Lipinski definition) is 4. The summed E-state index contributed by atoms with van der Waals surface area (Å²) in [5, 5.41) is 11.7. The lowest BCUT2D eigenvalue weighted by Gasteiger charge is -2.30. The van der Waals surface area contributed by atoms with Gasteiger partial charge in [0.15, 0.2) is 0 Å². The third-order valence-corrected chi connectivity index (χ3v) is 8.61. The fourth-order valence-electron chi connectivity index (χ4n) is 4.13. The zero-order chi connectivity index (χ0) is 27.8. The van der Waals surface area contributed by atoms with E-state index in [0.717, 1.165) is 6.07 Å². The highest BCUT2D eigenvalue weighted by molar-refractivity contribution is 7.89. The van der Waals surface area contributed by atoms with Crippen molar-refractivity contribution in [2.24, 2.45) is 0 Å². The van der Waals surface area contributed by atoms with Gasteiger partial charge in [0, 0.05) is 13.1 Å². The maximum atomic E-state index is 13.9. The average molecular weight is 586 g/mol. The van der Waals surface area contributed by atoms with Crippen LogP contribution in [0.3, 0.4) is 0 Å². The SMILES string of the molecule is N#Cc1ccc(S(=O)(=O)N2CCc3c(ccc(Cl)c3NC(=O)Cc3ccc(C(F)(F)F)c(F)c3)C2)c(Cl)c1. The van der Waals surface area contributed by atoms with Crippen LogP contribution in [0.5, 0.6) is 0 Å². The molecule has 1 aliphatic rings. The van der Waals surface area contributed by atoms with Crippen molar-refractivity contribution in [3.05, 3.63) is 92.2 Å². The second kappa shape index (κ2) is 10.5. The van der Waals surface area contributed by atoms with Gasteiger partial charge in [0.1, 0.15) is 10.7 Å². The third kappa shape index (κ3) is 5.63. The molecular formula is C25H17Cl2F4N3O3S. The first kappa shape index (κ1) is 27.9. The minimum atomic E-state index is -4.85. The number of fused-ring (bicyclic) bond motifs is 1. The summed E-state index contributed by atoms with van der Waals surface area (Å²) < 4.78 is 79.9. The summed E-state index contributed by atoms with van der Waals surface area (Å²) in [7, 11) is -4.01. The highest BCUT2D eigenvalue weighted by Gasteiger charge is 2.34. The van der Waals surface area contributed by atoms with Crippen molar-refractivity contribution in [2.75, 3.05) is 11.9 Å². The number of sulfonamides is 1. The van der Waals surface area contributed by atoms with Crippen LogP contribution in [0, 0.1) is 17.1 Å². The van der Waals surface area contributed by atoms with Crippen molar-refractivity contribution in [3.8, 4) is 6.07 Å². The molecule has 13 heteroatoms. The molecule has 0 unspecified atom stereocenters. The van der Waals surface area contributed by atoms with E-state index in [1.165, 1.54) is 28.6 Å². The molecular weight excluding hydrogens is 569 g/mol. The quantitative estimate of drug-likeness (QED) is 0.374. The molecule has 0 aromatic heterocycles. The van der Waals surface area contributed by atoms with Crippen LogP contribution >= 0.6 is 23.2 Å². The molecule has 6 nitrogen and oxygen atoms in total. The molecule has 3 aromatic rings. The molecule has 1 heterocycles. The highest BCUT2D eigenvalue weighted by Crippen LogP contribution is 2.36. The van der Waals surface area contributed by atoms with Crippen molar-refractivity contribution < 1.29 is 30.8 Å². The second-order valence-corrected chi connectivity index (χ2v) is 11.2. The second-order valence-electron chi connectivity index (χ2n) is 8.44. The van der Waals surface area contributed by atoms with Crippen molar-refractivity contribution in [3.63, 3.8) is 0 Å². The Morgan fingerprint density at radius 3 is 2.45 bits per heavy atom. The number of hydrogen-bond donors (Lipinski definition) is 1. The van der Waals surface area contributed by atoms with Gasteiger partial charge >= 0.3 is 6.18 Å². The molecule has 0 saturated carbocycles. The number of anilines is 1. The van der Waals surface area contributed by atoms with E-state index in [-0.39, 0.29) is 51.3 Å². The Bertz CT molecular complexity index is 1590. The number of amides is 1. The van der Waals surface area contributed by atoms with Crippen molar-refractivity contribution >= 4 is 44.8 Å². The molecule has 198 valence electrons. The van der Waals surface area contributed by atoms with Gasteiger partial charge in [-0.15, -0.1) is 0 Å². The van der Waals surface area contributed by atoms with Gasteiger partial charge in [-0.25, -0.2) is 12.8 Å². The van der Waals surface area contributed by atoms with E-state index in [0.29, 0.717) is 23.3 Å². The Kier molecular flexibility index (Phi) is 7.72. The Hall–Kier alpha value is -3.17. The van der Waals surface area contributed by atoms with Gasteiger partial charge in [0.25, 0.3) is 0 Å². The van der Waals surface area contributed by atoms with E-state index in [9.17, 15) is 30.8 Å². The number of nitrogens with one attached hydrogen (secondary N) is 1. The Labute approximate surface area is 225 Å². The van der Waals surface area contributed by atoms with Gasteiger partial charge < -0.3 is 5.32 Å². The number of carbonyl (C=O) groups excluding carboxylic acids is 1. The minimum Gasteiger partial charge on any atom is -0.324 e. The molecule has 4 rings (SSSR count). The first-order chi connectivity index (χ1) is 17.8.